The summed E-state index contributed by atoms with van der Waals surface area (Å²) in [5.41, 5.74) is 1.52. The van der Waals surface area contributed by atoms with Crippen molar-refractivity contribution in [2.24, 2.45) is 0 Å². The third kappa shape index (κ3) is 19.5. The van der Waals surface area contributed by atoms with Gasteiger partial charge in [0.25, 0.3) is 45.3 Å². The summed E-state index contributed by atoms with van der Waals surface area (Å²) in [4.78, 5) is -0.755. The normalized spacial score (nSPS) is 11.6. The molecule has 5 aromatic rings. The van der Waals surface area contributed by atoms with Crippen molar-refractivity contribution in [1.82, 2.24) is 0 Å². The molecule has 0 saturated heterocycles. The van der Waals surface area contributed by atoms with Crippen LogP contribution in [0.5, 0.6) is 0 Å². The maximum Gasteiger partial charge on any atom is 0.261 e. The predicted octanol–water partition coefficient (Wildman–Crippen LogP) is 10.00. The number of benzene rings is 5. The lowest BCUT2D eigenvalue weighted by Gasteiger charge is -2.00. The second-order valence-corrected chi connectivity index (χ2v) is 24.1. The van der Waals surface area contributed by atoms with E-state index in [9.17, 15) is 64.0 Å². The summed E-state index contributed by atoms with van der Waals surface area (Å²) >= 11 is 0. The van der Waals surface area contributed by atoms with Gasteiger partial charge >= 0.3 is 0 Å². The lowest BCUT2D eigenvalue weighted by Crippen LogP contribution is -1.94. The van der Waals surface area contributed by atoms with Gasteiger partial charge in [-0.3, -0.25) is 0 Å². The summed E-state index contributed by atoms with van der Waals surface area (Å²) in [6.45, 7) is 6.12. The van der Waals surface area contributed by atoms with Gasteiger partial charge in [0.15, 0.2) is 0 Å². The van der Waals surface area contributed by atoms with Crippen molar-refractivity contribution in [3.8, 4) is 0 Å². The quantitative estimate of drug-likeness (QED) is 0.122. The van der Waals surface area contributed by atoms with Gasteiger partial charge in [-0.05, 0) is 129 Å². The van der Waals surface area contributed by atoms with Gasteiger partial charge in [0.2, 0.25) is 0 Å². The van der Waals surface area contributed by atoms with Gasteiger partial charge in [0.1, 0.15) is 29.1 Å². The minimum Gasteiger partial charge on any atom is -0.207 e. The molecule has 0 aliphatic carbocycles. The van der Waals surface area contributed by atoms with Gasteiger partial charge in [-0.2, -0.15) is 0 Å². The van der Waals surface area contributed by atoms with Crippen LogP contribution >= 0.6 is 53.4 Å². The molecule has 0 aliphatic rings. The predicted molar refractivity (Wildman–Crippen MR) is 216 cm³/mol. The zero-order valence-electron chi connectivity index (χ0n) is 30.1. The second-order valence-electron chi connectivity index (χ2n) is 11.3. The number of aryl methyl sites for hydroxylation is 4. The number of hydrogen-bond donors (Lipinski definition) is 0. The Morgan fingerprint density at radius 2 is 0.644 bits per heavy atom. The molecule has 0 aromatic heterocycles. The molecule has 0 heterocycles. The molecular weight excluding hydrogens is 1000 g/mol. The minimum absolute atomic E-state index is 0.0504. The monoisotopic (exact) mass is 1030 g/mol. The highest BCUT2D eigenvalue weighted by Gasteiger charge is 2.15. The first kappa shape index (κ1) is 54.0. The van der Waals surface area contributed by atoms with Crippen molar-refractivity contribution in [3.05, 3.63) is 148 Å². The van der Waals surface area contributed by atoms with E-state index in [0.29, 0.717) is 22.3 Å². The zero-order valence-corrected chi connectivity index (χ0v) is 38.0. The summed E-state index contributed by atoms with van der Waals surface area (Å²) in [7, 11) is 6.14. The summed E-state index contributed by atoms with van der Waals surface area (Å²) in [5, 5.41) is 0. The van der Waals surface area contributed by atoms with E-state index in [2.05, 4.69) is 0 Å². The third-order valence-electron chi connectivity index (χ3n) is 6.76. The first-order valence-electron chi connectivity index (χ1n) is 15.2. The van der Waals surface area contributed by atoms with Crippen LogP contribution in [0.25, 0.3) is 0 Å². The molecule has 0 spiro atoms. The van der Waals surface area contributed by atoms with Crippen LogP contribution in [-0.4, -0.2) is 42.1 Å². The highest BCUT2D eigenvalue weighted by molar-refractivity contribution is 8.15. The van der Waals surface area contributed by atoms with Gasteiger partial charge in [-0.1, -0.05) is 18.2 Å². The van der Waals surface area contributed by atoms with E-state index < -0.39 is 74.3 Å². The molecule has 0 N–H and O–H groups in total. The molecule has 0 saturated carbocycles. The zero-order chi connectivity index (χ0) is 45.9. The molecule has 0 amide bonds. The number of rotatable bonds is 5. The molecule has 0 bridgehead atoms. The van der Waals surface area contributed by atoms with E-state index in [4.69, 9.17) is 53.4 Å². The van der Waals surface area contributed by atoms with Gasteiger partial charge in [0, 0.05) is 53.4 Å². The molecule has 324 valence electrons. The van der Waals surface area contributed by atoms with Crippen LogP contribution in [-0.2, 0) is 45.3 Å². The fourth-order valence-corrected chi connectivity index (χ4v) is 8.46. The molecule has 0 fully saturated rings. The van der Waals surface area contributed by atoms with Crippen LogP contribution in [0.2, 0.25) is 0 Å². The van der Waals surface area contributed by atoms with Crippen LogP contribution in [0, 0.1) is 56.8 Å². The fourth-order valence-electron chi connectivity index (χ4n) is 3.77. The Labute approximate surface area is 360 Å². The molecular formula is C34H28Cl5F5O10S5. The van der Waals surface area contributed by atoms with Crippen molar-refractivity contribution in [2.45, 2.75) is 52.2 Å². The first-order valence-corrected chi connectivity index (χ1v) is 26.7. The van der Waals surface area contributed by atoms with Crippen LogP contribution in [0.3, 0.4) is 0 Å². The molecule has 0 radical (unpaired) electrons. The van der Waals surface area contributed by atoms with Crippen molar-refractivity contribution < 1.29 is 64.0 Å². The van der Waals surface area contributed by atoms with Gasteiger partial charge < -0.3 is 0 Å². The van der Waals surface area contributed by atoms with Crippen LogP contribution < -0.4 is 0 Å². The fraction of sp³-hybridized carbons (Fsp3) is 0.118. The third-order valence-corrected chi connectivity index (χ3v) is 13.8. The van der Waals surface area contributed by atoms with E-state index in [1.54, 1.807) is 20.8 Å². The van der Waals surface area contributed by atoms with Gasteiger partial charge in [-0.25, -0.2) is 64.0 Å². The van der Waals surface area contributed by atoms with E-state index in [-0.39, 0.29) is 24.5 Å². The molecule has 0 atom stereocenters. The van der Waals surface area contributed by atoms with Crippen molar-refractivity contribution in [3.63, 3.8) is 0 Å². The largest absolute Gasteiger partial charge is 0.261 e. The van der Waals surface area contributed by atoms with Crippen molar-refractivity contribution in [2.75, 3.05) is 0 Å². The summed E-state index contributed by atoms with van der Waals surface area (Å²) < 4.78 is 170. The molecule has 25 heteroatoms. The van der Waals surface area contributed by atoms with E-state index >= 15 is 0 Å². The summed E-state index contributed by atoms with van der Waals surface area (Å²) in [6, 6.07) is 18.1. The Morgan fingerprint density at radius 3 is 0.966 bits per heavy atom. The molecule has 10 nitrogen and oxygen atoms in total. The Kier molecular flexibility index (Phi) is 20.3. The van der Waals surface area contributed by atoms with E-state index in [0.717, 1.165) is 60.7 Å². The topological polar surface area (TPSA) is 171 Å². The maximum atomic E-state index is 12.8. The molecule has 0 unspecified atom stereocenters. The average molecular weight is 1030 g/mol. The van der Waals surface area contributed by atoms with Crippen molar-refractivity contribution >= 4 is 98.7 Å². The SMILES string of the molecule is Cc1cc(F)ccc1S(=O)(=O)Cl.Cc1ccc(F)cc1S(=O)(=O)Cl.Cc1ccc(S(=O)(=O)Cl)cc1F.Cc1ccc(S(=O)(=O)Cl)cc1F.O=S(=O)(Cl)c1ccc(F)cc1. The lowest BCUT2D eigenvalue weighted by atomic mass is 10.2. The molecule has 5 rings (SSSR count). The van der Waals surface area contributed by atoms with Crippen LogP contribution in [0.15, 0.2) is 122 Å². The number of halogens is 10. The Balaban J connectivity index is 0.000000369. The lowest BCUT2D eigenvalue weighted by molar-refractivity contribution is 0.598. The molecule has 0 aliphatic heterocycles. The van der Waals surface area contributed by atoms with Gasteiger partial charge in [0.05, 0.1) is 24.5 Å². The molecule has 59 heavy (non-hydrogen) atoms. The molecule has 5 aromatic carbocycles. The highest BCUT2D eigenvalue weighted by atomic mass is 35.7. The van der Waals surface area contributed by atoms with E-state index in [1.165, 1.54) is 43.3 Å². The standard InChI is InChI=1S/4C7H6ClFO2S.C6H4ClFO2S/c1-5-4-6(9)2-3-7(5)12(8,10)11;2*1-5-2-3-6(4-7(5)9)12(8,10)11;1-5-2-3-6(9)4-7(5)12(8,10)11;7-11(9,10)6-3-1-5(8)2-4-6/h4*2-4H,1H3;1-4H. The summed E-state index contributed by atoms with van der Waals surface area (Å²) in [5.74, 6) is -2.72. The van der Waals surface area contributed by atoms with Crippen LogP contribution in [0.1, 0.15) is 22.3 Å². The number of hydrogen-bond acceptors (Lipinski definition) is 10. The highest BCUT2D eigenvalue weighted by Crippen LogP contribution is 2.22. The first-order chi connectivity index (χ1) is 26.6. The van der Waals surface area contributed by atoms with Gasteiger partial charge in [-0.15, -0.1) is 0 Å². The Bertz CT molecular complexity index is 2770. The Morgan fingerprint density at radius 1 is 0.322 bits per heavy atom. The Hall–Kier alpha value is -3.05. The maximum absolute atomic E-state index is 12.8. The summed E-state index contributed by atoms with van der Waals surface area (Å²) in [6.07, 6.45) is 0. The van der Waals surface area contributed by atoms with Crippen LogP contribution in [0.4, 0.5) is 22.0 Å². The van der Waals surface area contributed by atoms with E-state index in [1.807, 2.05) is 0 Å². The average Bonchev–Trinajstić information content (AvgIpc) is 3.07. The second kappa shape index (κ2) is 22.2. The van der Waals surface area contributed by atoms with Crippen molar-refractivity contribution in [1.29, 1.82) is 0 Å². The smallest absolute Gasteiger partial charge is 0.207 e. The minimum atomic E-state index is -3.82.